The van der Waals surface area contributed by atoms with Crippen LogP contribution in [0.2, 0.25) is 0 Å². The number of rotatable bonds is 3. The standard InChI is InChI=1S/C12H13BrO/c1-2-8-14-12-7-6-9-10(12)4-3-5-11(9)13/h2-5,12H,1,6-8H2/t12-/m0/s1. The van der Waals surface area contributed by atoms with Crippen LogP contribution in [0.15, 0.2) is 35.3 Å². The van der Waals surface area contributed by atoms with E-state index in [9.17, 15) is 0 Å². The zero-order valence-electron chi connectivity index (χ0n) is 8.00. The van der Waals surface area contributed by atoms with Crippen molar-refractivity contribution in [3.05, 3.63) is 46.5 Å². The summed E-state index contributed by atoms with van der Waals surface area (Å²) in [6.45, 7) is 4.30. The molecule has 14 heavy (non-hydrogen) atoms. The van der Waals surface area contributed by atoms with Gasteiger partial charge in [0.15, 0.2) is 0 Å². The molecule has 0 unspecified atom stereocenters. The van der Waals surface area contributed by atoms with Crippen LogP contribution >= 0.6 is 15.9 Å². The van der Waals surface area contributed by atoms with Crippen molar-refractivity contribution in [2.45, 2.75) is 18.9 Å². The van der Waals surface area contributed by atoms with Gasteiger partial charge in [-0.2, -0.15) is 0 Å². The van der Waals surface area contributed by atoms with E-state index in [2.05, 4.69) is 40.7 Å². The first-order valence-corrected chi connectivity index (χ1v) is 5.62. The summed E-state index contributed by atoms with van der Waals surface area (Å²) in [4.78, 5) is 0. The normalized spacial score (nSPS) is 19.4. The van der Waals surface area contributed by atoms with Crippen molar-refractivity contribution in [1.82, 2.24) is 0 Å². The van der Waals surface area contributed by atoms with Gasteiger partial charge < -0.3 is 4.74 Å². The van der Waals surface area contributed by atoms with Crippen LogP contribution in [-0.2, 0) is 11.2 Å². The zero-order chi connectivity index (χ0) is 9.97. The molecule has 0 saturated carbocycles. The number of halogens is 1. The van der Waals surface area contributed by atoms with Crippen molar-refractivity contribution in [3.63, 3.8) is 0 Å². The van der Waals surface area contributed by atoms with Crippen LogP contribution in [0.4, 0.5) is 0 Å². The van der Waals surface area contributed by atoms with Gasteiger partial charge in [0.05, 0.1) is 12.7 Å². The topological polar surface area (TPSA) is 9.23 Å². The van der Waals surface area contributed by atoms with E-state index >= 15 is 0 Å². The van der Waals surface area contributed by atoms with Gasteiger partial charge >= 0.3 is 0 Å². The summed E-state index contributed by atoms with van der Waals surface area (Å²) in [6.07, 6.45) is 4.26. The molecule has 0 aromatic heterocycles. The van der Waals surface area contributed by atoms with Gasteiger partial charge in [-0.05, 0) is 30.0 Å². The Kier molecular flexibility index (Phi) is 3.04. The van der Waals surface area contributed by atoms with E-state index in [0.717, 1.165) is 12.8 Å². The van der Waals surface area contributed by atoms with E-state index in [1.165, 1.54) is 15.6 Å². The number of hydrogen-bond donors (Lipinski definition) is 0. The molecule has 1 nitrogen and oxygen atoms in total. The lowest BCUT2D eigenvalue weighted by molar-refractivity contribution is 0.0758. The maximum Gasteiger partial charge on any atom is 0.0835 e. The molecular formula is C12H13BrO. The monoisotopic (exact) mass is 252 g/mol. The molecule has 1 aromatic carbocycles. The average Bonchev–Trinajstić information content (AvgIpc) is 2.60. The smallest absolute Gasteiger partial charge is 0.0835 e. The fraction of sp³-hybridized carbons (Fsp3) is 0.333. The Balaban J connectivity index is 2.21. The summed E-state index contributed by atoms with van der Waals surface area (Å²) >= 11 is 3.57. The van der Waals surface area contributed by atoms with E-state index in [1.54, 1.807) is 6.08 Å². The molecule has 1 aliphatic rings. The van der Waals surface area contributed by atoms with Crippen molar-refractivity contribution < 1.29 is 4.74 Å². The minimum Gasteiger partial charge on any atom is -0.369 e. The molecule has 0 spiro atoms. The Hall–Kier alpha value is -0.600. The Morgan fingerprint density at radius 1 is 1.57 bits per heavy atom. The second-order valence-corrected chi connectivity index (χ2v) is 4.31. The minimum atomic E-state index is 0.264. The molecule has 0 aliphatic heterocycles. The van der Waals surface area contributed by atoms with Crippen LogP contribution in [0.25, 0.3) is 0 Å². The van der Waals surface area contributed by atoms with Gasteiger partial charge in [0.25, 0.3) is 0 Å². The molecule has 2 heteroatoms. The van der Waals surface area contributed by atoms with Crippen molar-refractivity contribution in [1.29, 1.82) is 0 Å². The van der Waals surface area contributed by atoms with Crippen LogP contribution in [0.3, 0.4) is 0 Å². The van der Waals surface area contributed by atoms with Crippen molar-refractivity contribution in [3.8, 4) is 0 Å². The molecule has 74 valence electrons. The fourth-order valence-corrected chi connectivity index (χ4v) is 2.51. The number of benzene rings is 1. The molecule has 0 saturated heterocycles. The Morgan fingerprint density at radius 2 is 2.43 bits per heavy atom. The summed E-state index contributed by atoms with van der Waals surface area (Å²) in [5.74, 6) is 0. The highest BCUT2D eigenvalue weighted by Gasteiger charge is 2.23. The third-order valence-electron chi connectivity index (χ3n) is 2.57. The van der Waals surface area contributed by atoms with Gasteiger partial charge in [-0.25, -0.2) is 0 Å². The molecule has 0 amide bonds. The first-order valence-electron chi connectivity index (χ1n) is 4.82. The molecule has 1 atom stereocenters. The highest BCUT2D eigenvalue weighted by molar-refractivity contribution is 9.10. The molecule has 0 fully saturated rings. The number of fused-ring (bicyclic) bond motifs is 1. The predicted molar refractivity (Wildman–Crippen MR) is 61.4 cm³/mol. The predicted octanol–water partition coefficient (Wildman–Crippen LogP) is 3.64. The van der Waals surface area contributed by atoms with Crippen molar-refractivity contribution >= 4 is 15.9 Å². The van der Waals surface area contributed by atoms with Crippen LogP contribution < -0.4 is 0 Å². The first kappa shape index (κ1) is 9.94. The summed E-state index contributed by atoms with van der Waals surface area (Å²) in [7, 11) is 0. The molecule has 1 aliphatic carbocycles. The molecule has 2 rings (SSSR count). The lowest BCUT2D eigenvalue weighted by Crippen LogP contribution is -1.99. The Labute approximate surface area is 92.9 Å². The van der Waals surface area contributed by atoms with Crippen LogP contribution in [0, 0.1) is 0 Å². The lowest BCUT2D eigenvalue weighted by Gasteiger charge is -2.11. The van der Waals surface area contributed by atoms with Crippen LogP contribution in [0.5, 0.6) is 0 Å². The quantitative estimate of drug-likeness (QED) is 0.747. The van der Waals surface area contributed by atoms with Crippen LogP contribution in [-0.4, -0.2) is 6.61 Å². The fourth-order valence-electron chi connectivity index (χ4n) is 1.93. The van der Waals surface area contributed by atoms with E-state index in [-0.39, 0.29) is 6.10 Å². The van der Waals surface area contributed by atoms with Gasteiger partial charge in [0, 0.05) is 4.47 Å². The first-order chi connectivity index (χ1) is 6.83. The van der Waals surface area contributed by atoms with Gasteiger partial charge in [-0.15, -0.1) is 6.58 Å². The Bertz CT molecular complexity index is 346. The van der Waals surface area contributed by atoms with E-state index < -0.39 is 0 Å². The van der Waals surface area contributed by atoms with Crippen molar-refractivity contribution in [2.75, 3.05) is 6.61 Å². The van der Waals surface area contributed by atoms with E-state index in [4.69, 9.17) is 4.74 Å². The largest absolute Gasteiger partial charge is 0.369 e. The third kappa shape index (κ3) is 1.77. The molecule has 1 aromatic rings. The van der Waals surface area contributed by atoms with Crippen molar-refractivity contribution in [2.24, 2.45) is 0 Å². The highest BCUT2D eigenvalue weighted by Crippen LogP contribution is 2.37. The zero-order valence-corrected chi connectivity index (χ0v) is 9.59. The van der Waals surface area contributed by atoms with Gasteiger partial charge in [-0.1, -0.05) is 34.1 Å². The minimum absolute atomic E-state index is 0.264. The summed E-state index contributed by atoms with van der Waals surface area (Å²) < 4.78 is 6.90. The molecule has 0 radical (unpaired) electrons. The summed E-state index contributed by atoms with van der Waals surface area (Å²) in [5.41, 5.74) is 2.74. The maximum atomic E-state index is 5.69. The molecule has 0 heterocycles. The van der Waals surface area contributed by atoms with Crippen LogP contribution in [0.1, 0.15) is 23.7 Å². The van der Waals surface area contributed by atoms with Gasteiger partial charge in [0.1, 0.15) is 0 Å². The number of hydrogen-bond acceptors (Lipinski definition) is 1. The molecule has 0 bridgehead atoms. The van der Waals surface area contributed by atoms with Gasteiger partial charge in [0.2, 0.25) is 0 Å². The Morgan fingerprint density at radius 3 is 3.21 bits per heavy atom. The second kappa shape index (κ2) is 4.28. The van der Waals surface area contributed by atoms with E-state index in [0.29, 0.717) is 6.61 Å². The molecule has 0 N–H and O–H groups in total. The summed E-state index contributed by atoms with van der Waals surface area (Å²) in [6, 6.07) is 6.31. The lowest BCUT2D eigenvalue weighted by atomic mass is 10.1. The van der Waals surface area contributed by atoms with E-state index in [1.807, 2.05) is 0 Å². The second-order valence-electron chi connectivity index (χ2n) is 3.46. The maximum absolute atomic E-state index is 5.69. The molecular weight excluding hydrogens is 240 g/mol. The van der Waals surface area contributed by atoms with Gasteiger partial charge in [-0.3, -0.25) is 0 Å². The number of ether oxygens (including phenoxy) is 1. The SMILES string of the molecule is C=CCO[C@H]1CCc2c(Br)cccc21. The average molecular weight is 253 g/mol. The summed E-state index contributed by atoms with van der Waals surface area (Å²) in [5, 5.41) is 0. The third-order valence-corrected chi connectivity index (χ3v) is 3.32. The highest BCUT2D eigenvalue weighted by atomic mass is 79.9.